The third-order valence-electron chi connectivity index (χ3n) is 1.69. The minimum Gasteiger partial charge on any atom is -0.299 e. The fourth-order valence-corrected chi connectivity index (χ4v) is 1.02. The molecule has 0 heterocycles. The first-order valence-corrected chi connectivity index (χ1v) is 4.63. The largest absolute Gasteiger partial charge is 0.299 e. The maximum atomic E-state index is 9.88. The van der Waals surface area contributed by atoms with Crippen LogP contribution < -0.4 is 0 Å². The first kappa shape index (κ1) is 11.2. The Balaban J connectivity index is 3.00. The van der Waals surface area contributed by atoms with Crippen LogP contribution in [0.4, 0.5) is 0 Å². The smallest absolute Gasteiger partial charge is 0.142 e. The van der Waals surface area contributed by atoms with Gasteiger partial charge in [0.1, 0.15) is 6.29 Å². The minimum atomic E-state index is 0.833. The molecule has 0 aliphatic carbocycles. The molecule has 0 aromatic rings. The number of rotatable bonds is 7. The maximum Gasteiger partial charge on any atom is 0.142 e. The van der Waals surface area contributed by atoms with E-state index in [1.54, 1.807) is 6.08 Å². The van der Waals surface area contributed by atoms with Crippen molar-refractivity contribution >= 4 is 6.29 Å². The number of carbonyl (C=O) groups is 1. The summed E-state index contributed by atoms with van der Waals surface area (Å²) in [6.45, 7) is 2.05. The molecule has 0 saturated heterocycles. The van der Waals surface area contributed by atoms with Crippen LogP contribution >= 0.6 is 0 Å². The average molecular weight is 166 g/mol. The number of allylic oxidation sites excluding steroid dienone is 4. The van der Waals surface area contributed by atoms with Crippen LogP contribution in [0.1, 0.15) is 39.0 Å². The van der Waals surface area contributed by atoms with Gasteiger partial charge in [0, 0.05) is 0 Å². The van der Waals surface area contributed by atoms with Crippen LogP contribution in [0.2, 0.25) is 0 Å². The molecule has 0 aromatic heterocycles. The van der Waals surface area contributed by atoms with Gasteiger partial charge in [-0.15, -0.1) is 0 Å². The second kappa shape index (κ2) is 10.2. The molecule has 0 aliphatic rings. The number of aldehydes is 1. The quantitative estimate of drug-likeness (QED) is 0.245. The topological polar surface area (TPSA) is 17.1 Å². The molecular formula is C11H18O. The number of hydrogen-bond acceptors (Lipinski definition) is 1. The normalized spacial score (nSPS) is 11.4. The molecule has 0 bridgehead atoms. The van der Waals surface area contributed by atoms with Gasteiger partial charge in [-0.1, -0.05) is 24.6 Å². The van der Waals surface area contributed by atoms with Gasteiger partial charge >= 0.3 is 0 Å². The summed E-state index contributed by atoms with van der Waals surface area (Å²) in [7, 11) is 0. The molecule has 12 heavy (non-hydrogen) atoms. The molecule has 0 radical (unpaired) electrons. The first-order chi connectivity index (χ1) is 5.91. The van der Waals surface area contributed by atoms with Gasteiger partial charge in [-0.2, -0.15) is 0 Å². The molecule has 68 valence electrons. The van der Waals surface area contributed by atoms with Gasteiger partial charge in [0.25, 0.3) is 0 Å². The molecule has 0 fully saturated rings. The van der Waals surface area contributed by atoms with E-state index < -0.39 is 0 Å². The average Bonchev–Trinajstić information content (AvgIpc) is 2.10. The summed E-state index contributed by atoms with van der Waals surface area (Å²) in [4.78, 5) is 9.88. The molecule has 0 amide bonds. The van der Waals surface area contributed by atoms with E-state index in [2.05, 4.69) is 12.2 Å². The highest BCUT2D eigenvalue weighted by atomic mass is 16.1. The van der Waals surface area contributed by atoms with Crippen LogP contribution in [0.5, 0.6) is 0 Å². The summed E-state index contributed by atoms with van der Waals surface area (Å²) in [5, 5.41) is 0. The molecule has 1 heteroatoms. The van der Waals surface area contributed by atoms with E-state index in [9.17, 15) is 4.79 Å². The Morgan fingerprint density at radius 1 is 1.00 bits per heavy atom. The first-order valence-electron chi connectivity index (χ1n) is 4.63. The molecule has 0 spiro atoms. The Kier molecular flexibility index (Phi) is 9.43. The summed E-state index contributed by atoms with van der Waals surface area (Å²) in [6, 6.07) is 0. The summed E-state index contributed by atoms with van der Waals surface area (Å²) in [6.07, 6.45) is 14.6. The molecule has 0 atom stereocenters. The number of unbranched alkanes of at least 4 members (excludes halogenated alkanes) is 4. The molecule has 0 rings (SSSR count). The summed E-state index contributed by atoms with van der Waals surface area (Å²) >= 11 is 0. The van der Waals surface area contributed by atoms with E-state index in [0.717, 1.165) is 12.7 Å². The molecule has 0 aromatic carbocycles. The second-order valence-electron chi connectivity index (χ2n) is 2.77. The van der Waals surface area contributed by atoms with Crippen molar-refractivity contribution in [2.24, 2.45) is 0 Å². The van der Waals surface area contributed by atoms with Crippen LogP contribution in [0.25, 0.3) is 0 Å². The molecular weight excluding hydrogens is 148 g/mol. The Morgan fingerprint density at radius 3 is 2.25 bits per heavy atom. The van der Waals surface area contributed by atoms with Gasteiger partial charge in [-0.25, -0.2) is 0 Å². The summed E-state index contributed by atoms with van der Waals surface area (Å²) in [5.41, 5.74) is 0. The van der Waals surface area contributed by atoms with Crippen LogP contribution in [-0.4, -0.2) is 6.29 Å². The van der Waals surface area contributed by atoms with Crippen molar-refractivity contribution < 1.29 is 4.79 Å². The third kappa shape index (κ3) is 9.15. The van der Waals surface area contributed by atoms with Crippen LogP contribution in [0.3, 0.4) is 0 Å². The molecule has 0 aliphatic heterocycles. The molecule has 0 unspecified atom stereocenters. The Labute approximate surface area is 75.2 Å². The lowest BCUT2D eigenvalue weighted by Crippen LogP contribution is -1.74. The second-order valence-corrected chi connectivity index (χ2v) is 2.77. The fourth-order valence-electron chi connectivity index (χ4n) is 1.02. The van der Waals surface area contributed by atoms with E-state index in [4.69, 9.17) is 0 Å². The van der Waals surface area contributed by atoms with E-state index in [1.165, 1.54) is 25.7 Å². The van der Waals surface area contributed by atoms with Crippen molar-refractivity contribution in [2.75, 3.05) is 0 Å². The van der Waals surface area contributed by atoms with Crippen molar-refractivity contribution in [2.45, 2.75) is 39.0 Å². The van der Waals surface area contributed by atoms with Gasteiger partial charge in [-0.3, -0.25) is 4.79 Å². The van der Waals surface area contributed by atoms with Crippen molar-refractivity contribution in [3.8, 4) is 0 Å². The highest BCUT2D eigenvalue weighted by molar-refractivity contribution is 5.64. The van der Waals surface area contributed by atoms with E-state index in [1.807, 2.05) is 13.0 Å². The van der Waals surface area contributed by atoms with Gasteiger partial charge in [-0.05, 0) is 38.7 Å². The van der Waals surface area contributed by atoms with Gasteiger partial charge < -0.3 is 0 Å². The van der Waals surface area contributed by atoms with E-state index in [-0.39, 0.29) is 0 Å². The maximum absolute atomic E-state index is 9.88. The summed E-state index contributed by atoms with van der Waals surface area (Å²) in [5.74, 6) is 0. The van der Waals surface area contributed by atoms with Crippen molar-refractivity contribution in [3.05, 3.63) is 24.3 Å². The highest BCUT2D eigenvalue weighted by Crippen LogP contribution is 2.03. The predicted octanol–water partition coefficient (Wildman–Crippen LogP) is 3.27. The van der Waals surface area contributed by atoms with Crippen LogP contribution in [-0.2, 0) is 4.79 Å². The van der Waals surface area contributed by atoms with Gasteiger partial charge in [0.2, 0.25) is 0 Å². The van der Waals surface area contributed by atoms with Crippen molar-refractivity contribution in [1.29, 1.82) is 0 Å². The van der Waals surface area contributed by atoms with Crippen molar-refractivity contribution in [1.82, 2.24) is 0 Å². The van der Waals surface area contributed by atoms with E-state index in [0.29, 0.717) is 0 Å². The molecule has 1 nitrogen and oxygen atoms in total. The number of hydrogen-bond donors (Lipinski definition) is 0. The van der Waals surface area contributed by atoms with E-state index >= 15 is 0 Å². The monoisotopic (exact) mass is 166 g/mol. The Bertz CT molecular complexity index is 145. The Hall–Kier alpha value is -0.850. The van der Waals surface area contributed by atoms with Crippen molar-refractivity contribution in [3.63, 3.8) is 0 Å². The highest BCUT2D eigenvalue weighted by Gasteiger charge is 1.84. The lowest BCUT2D eigenvalue weighted by molar-refractivity contribution is -0.104. The van der Waals surface area contributed by atoms with Gasteiger partial charge in [0.15, 0.2) is 0 Å². The Morgan fingerprint density at radius 2 is 1.67 bits per heavy atom. The van der Waals surface area contributed by atoms with Gasteiger partial charge in [0.05, 0.1) is 0 Å². The van der Waals surface area contributed by atoms with Crippen LogP contribution in [0, 0.1) is 0 Å². The third-order valence-corrected chi connectivity index (χ3v) is 1.69. The summed E-state index contributed by atoms with van der Waals surface area (Å²) < 4.78 is 0. The number of carbonyl (C=O) groups excluding carboxylic acids is 1. The SMILES string of the molecule is CC=CCCCCCC=CC=O. The molecule has 0 saturated carbocycles. The molecule has 0 N–H and O–H groups in total. The lowest BCUT2D eigenvalue weighted by atomic mass is 10.1. The standard InChI is InChI=1S/C11H18O/c1-2-3-4-5-6-7-8-9-10-11-12/h2-3,9-11H,4-8H2,1H3. The minimum absolute atomic E-state index is 0.833. The zero-order valence-electron chi connectivity index (χ0n) is 7.83. The zero-order chi connectivity index (χ0) is 9.07. The van der Waals surface area contributed by atoms with Crippen LogP contribution in [0.15, 0.2) is 24.3 Å². The predicted molar refractivity (Wildman–Crippen MR) is 53.1 cm³/mol. The lowest BCUT2D eigenvalue weighted by Gasteiger charge is -1.93. The zero-order valence-corrected chi connectivity index (χ0v) is 7.83. The fraction of sp³-hybridized carbons (Fsp3) is 0.545.